The van der Waals surface area contributed by atoms with E-state index in [1.54, 1.807) is 11.0 Å². The van der Waals surface area contributed by atoms with Crippen LogP contribution in [0.4, 0.5) is 4.79 Å². The molecule has 0 radical (unpaired) electrons. The molecular formula is C19H25NO6. The molecule has 142 valence electrons. The van der Waals surface area contributed by atoms with E-state index in [2.05, 4.69) is 0 Å². The van der Waals surface area contributed by atoms with Crippen LogP contribution in [0, 0.1) is 0 Å². The molecule has 0 aliphatic carbocycles. The molecular weight excluding hydrogens is 338 g/mol. The van der Waals surface area contributed by atoms with Gasteiger partial charge in [-0.15, -0.1) is 0 Å². The summed E-state index contributed by atoms with van der Waals surface area (Å²) in [6.07, 6.45) is 1.16. The number of rotatable bonds is 2. The number of carboxylic acid groups (broad SMARTS) is 1. The van der Waals surface area contributed by atoms with Crippen LogP contribution < -0.4 is 9.47 Å². The maximum Gasteiger partial charge on any atom is 0.410 e. The van der Waals surface area contributed by atoms with Crippen molar-refractivity contribution in [2.24, 2.45) is 0 Å². The number of benzene rings is 1. The van der Waals surface area contributed by atoms with Gasteiger partial charge in [0.05, 0.1) is 13.7 Å². The minimum absolute atomic E-state index is 0.0921. The summed E-state index contributed by atoms with van der Waals surface area (Å²) in [5, 5.41) is 9.32. The molecule has 3 rings (SSSR count). The Hall–Kier alpha value is -2.44. The van der Waals surface area contributed by atoms with Crippen LogP contribution in [0.5, 0.6) is 11.5 Å². The van der Waals surface area contributed by atoms with Gasteiger partial charge in [-0.3, -0.25) is 0 Å². The fourth-order valence-corrected chi connectivity index (χ4v) is 3.64. The Morgan fingerprint density at radius 3 is 2.42 bits per heavy atom. The maximum absolute atomic E-state index is 12.3. The lowest BCUT2D eigenvalue weighted by Crippen LogP contribution is -2.47. The Bertz CT molecular complexity index is 728. The van der Waals surface area contributed by atoms with Gasteiger partial charge in [-0.1, -0.05) is 6.07 Å². The van der Waals surface area contributed by atoms with Gasteiger partial charge in [-0.05, 0) is 39.7 Å². The monoisotopic (exact) mass is 363 g/mol. The summed E-state index contributed by atoms with van der Waals surface area (Å²) in [6, 6.07) is 3.38. The molecule has 1 saturated heterocycles. The van der Waals surface area contributed by atoms with Crippen molar-refractivity contribution in [1.29, 1.82) is 0 Å². The molecule has 7 heteroatoms. The average molecular weight is 363 g/mol. The van der Waals surface area contributed by atoms with Gasteiger partial charge in [0.25, 0.3) is 0 Å². The first-order valence-electron chi connectivity index (χ1n) is 8.72. The molecule has 0 aromatic heterocycles. The molecule has 2 aliphatic rings. The molecule has 0 bridgehead atoms. The Balaban J connectivity index is 1.80. The third-order valence-corrected chi connectivity index (χ3v) is 4.98. The first kappa shape index (κ1) is 18.4. The lowest BCUT2D eigenvalue weighted by Gasteiger charge is -2.38. The van der Waals surface area contributed by atoms with Gasteiger partial charge in [0, 0.05) is 24.1 Å². The predicted octanol–water partition coefficient (Wildman–Crippen LogP) is 3.05. The third kappa shape index (κ3) is 3.18. The maximum atomic E-state index is 12.3. The molecule has 26 heavy (non-hydrogen) atoms. The van der Waals surface area contributed by atoms with Crippen LogP contribution in [0.1, 0.15) is 49.5 Å². The summed E-state index contributed by atoms with van der Waals surface area (Å²) in [5.74, 6) is -0.270. The molecule has 0 saturated carbocycles. The molecule has 1 aromatic carbocycles. The molecule has 0 unspecified atom stereocenters. The quantitative estimate of drug-likeness (QED) is 0.869. The summed E-state index contributed by atoms with van der Waals surface area (Å²) in [7, 11) is 1.45. The van der Waals surface area contributed by atoms with E-state index in [9.17, 15) is 14.7 Å². The Kier molecular flexibility index (Phi) is 4.50. The number of nitrogens with zero attached hydrogens (tertiary/aromatic N) is 1. The highest BCUT2D eigenvalue weighted by Gasteiger charge is 2.46. The van der Waals surface area contributed by atoms with Gasteiger partial charge in [-0.2, -0.15) is 0 Å². The number of methoxy groups -OCH3 is 1. The van der Waals surface area contributed by atoms with Crippen molar-refractivity contribution < 1.29 is 28.9 Å². The highest BCUT2D eigenvalue weighted by Crippen LogP contribution is 2.50. The van der Waals surface area contributed by atoms with Gasteiger partial charge >= 0.3 is 12.1 Å². The smallest absolute Gasteiger partial charge is 0.410 e. The zero-order valence-electron chi connectivity index (χ0n) is 15.6. The van der Waals surface area contributed by atoms with E-state index in [4.69, 9.17) is 14.2 Å². The van der Waals surface area contributed by atoms with Gasteiger partial charge in [0.1, 0.15) is 11.2 Å². The fourth-order valence-electron chi connectivity index (χ4n) is 3.64. The number of aromatic carboxylic acids is 1. The first-order chi connectivity index (χ1) is 12.2. The lowest BCUT2D eigenvalue weighted by atomic mass is 9.74. The van der Waals surface area contributed by atoms with Gasteiger partial charge in [0.15, 0.2) is 11.5 Å². The second-order valence-corrected chi connectivity index (χ2v) is 7.86. The molecule has 1 spiro atoms. The van der Waals surface area contributed by atoms with Crippen LogP contribution in [0.2, 0.25) is 0 Å². The molecule has 2 heterocycles. The number of hydrogen-bond donors (Lipinski definition) is 1. The van der Waals surface area contributed by atoms with Gasteiger partial charge in [0.2, 0.25) is 0 Å². The van der Waals surface area contributed by atoms with Crippen molar-refractivity contribution in [1.82, 2.24) is 4.90 Å². The van der Waals surface area contributed by atoms with Crippen LogP contribution in [0.15, 0.2) is 12.1 Å². The summed E-state index contributed by atoms with van der Waals surface area (Å²) in [4.78, 5) is 25.4. The first-order valence-corrected chi connectivity index (χ1v) is 8.72. The molecule has 0 atom stereocenters. The third-order valence-electron chi connectivity index (χ3n) is 4.98. The normalized spacial score (nSPS) is 18.2. The number of carbonyl (C=O) groups excluding carboxylic acids is 1. The summed E-state index contributed by atoms with van der Waals surface area (Å²) < 4.78 is 16.6. The Morgan fingerprint density at radius 1 is 1.23 bits per heavy atom. The van der Waals surface area contributed by atoms with Crippen molar-refractivity contribution >= 4 is 12.1 Å². The fraction of sp³-hybridized carbons (Fsp3) is 0.579. The van der Waals surface area contributed by atoms with Crippen LogP contribution in [-0.4, -0.2) is 54.5 Å². The highest BCUT2D eigenvalue weighted by atomic mass is 16.6. The summed E-state index contributed by atoms with van der Waals surface area (Å²) >= 11 is 0. The van der Waals surface area contributed by atoms with Crippen LogP contribution in [0.3, 0.4) is 0 Å². The minimum Gasteiger partial charge on any atom is -0.492 e. The number of hydrogen-bond acceptors (Lipinski definition) is 5. The average Bonchev–Trinajstić information content (AvgIpc) is 2.91. The second-order valence-electron chi connectivity index (χ2n) is 7.86. The number of carbonyl (C=O) groups is 2. The molecule has 1 N–H and O–H groups in total. The lowest BCUT2D eigenvalue weighted by molar-refractivity contribution is 0.0152. The zero-order valence-corrected chi connectivity index (χ0v) is 15.6. The summed E-state index contributed by atoms with van der Waals surface area (Å²) in [6.45, 7) is 7.16. The molecule has 1 aromatic rings. The Morgan fingerprint density at radius 2 is 1.88 bits per heavy atom. The Labute approximate surface area is 152 Å². The van der Waals surface area contributed by atoms with E-state index >= 15 is 0 Å². The van der Waals surface area contributed by atoms with E-state index in [0.717, 1.165) is 18.4 Å². The van der Waals surface area contributed by atoms with Crippen LogP contribution >= 0.6 is 0 Å². The molecule has 1 amide bonds. The van der Waals surface area contributed by atoms with Crippen LogP contribution in [-0.2, 0) is 10.2 Å². The van der Waals surface area contributed by atoms with Crippen molar-refractivity contribution in [3.05, 3.63) is 23.3 Å². The standard InChI is InChI=1S/C19H25NO6/c1-18(2,3)26-17(23)20-9-7-19(8-10-20)11-25-15-13(19)6-5-12(16(21)22)14(15)24-4/h5-6H,7-11H2,1-4H3,(H,21,22). The number of carboxylic acids is 1. The van der Waals surface area contributed by atoms with Crippen molar-refractivity contribution in [2.45, 2.75) is 44.6 Å². The van der Waals surface area contributed by atoms with Gasteiger partial charge < -0.3 is 24.2 Å². The number of amides is 1. The van der Waals surface area contributed by atoms with E-state index in [1.807, 2.05) is 26.8 Å². The number of likely N-dealkylation sites (tertiary alicyclic amines) is 1. The van der Waals surface area contributed by atoms with Crippen molar-refractivity contribution in [3.8, 4) is 11.5 Å². The van der Waals surface area contributed by atoms with E-state index in [-0.39, 0.29) is 22.8 Å². The van der Waals surface area contributed by atoms with Gasteiger partial charge in [-0.25, -0.2) is 9.59 Å². The SMILES string of the molecule is COc1c(C(=O)O)ccc2c1OCC21CCN(C(=O)OC(C)(C)C)CC1. The molecule has 7 nitrogen and oxygen atoms in total. The predicted molar refractivity (Wildman–Crippen MR) is 94.2 cm³/mol. The van der Waals surface area contributed by atoms with E-state index in [1.165, 1.54) is 7.11 Å². The zero-order chi connectivity index (χ0) is 19.1. The van der Waals surface area contributed by atoms with E-state index < -0.39 is 11.6 Å². The number of fused-ring (bicyclic) bond motifs is 2. The number of ether oxygens (including phenoxy) is 3. The van der Waals surface area contributed by atoms with Crippen molar-refractivity contribution in [3.63, 3.8) is 0 Å². The second kappa shape index (κ2) is 6.37. The largest absolute Gasteiger partial charge is 0.492 e. The minimum atomic E-state index is -1.05. The molecule has 1 fully saturated rings. The highest BCUT2D eigenvalue weighted by molar-refractivity contribution is 5.92. The number of piperidine rings is 1. The topological polar surface area (TPSA) is 85.3 Å². The summed E-state index contributed by atoms with van der Waals surface area (Å²) in [5.41, 5.74) is 0.311. The van der Waals surface area contributed by atoms with Crippen LogP contribution in [0.25, 0.3) is 0 Å². The van der Waals surface area contributed by atoms with E-state index in [0.29, 0.717) is 25.4 Å². The molecule has 2 aliphatic heterocycles. The van der Waals surface area contributed by atoms with Crippen molar-refractivity contribution in [2.75, 3.05) is 26.8 Å².